The summed E-state index contributed by atoms with van der Waals surface area (Å²) in [7, 11) is 0. The number of rotatable bonds is 3. The Labute approximate surface area is 138 Å². The highest BCUT2D eigenvalue weighted by Gasteiger charge is 2.45. The summed E-state index contributed by atoms with van der Waals surface area (Å²) in [5.41, 5.74) is 2.95. The third kappa shape index (κ3) is 2.36. The third-order valence-electron chi connectivity index (χ3n) is 3.95. The van der Waals surface area contributed by atoms with Crippen LogP contribution in [0.25, 0.3) is 0 Å². The van der Waals surface area contributed by atoms with Gasteiger partial charge in [0, 0.05) is 11.3 Å². The summed E-state index contributed by atoms with van der Waals surface area (Å²) in [5, 5.41) is 4.28. The molecule has 0 unspecified atom stereocenters. The fraction of sp³-hybridized carbons (Fsp3) is 0.312. The van der Waals surface area contributed by atoms with Gasteiger partial charge in [-0.15, -0.1) is 0 Å². The molecule has 114 valence electrons. The van der Waals surface area contributed by atoms with Gasteiger partial charge >= 0.3 is 0 Å². The highest BCUT2D eigenvalue weighted by molar-refractivity contribution is 6.69. The molecule has 1 aliphatic rings. The number of aromatic nitrogens is 2. The Morgan fingerprint density at radius 2 is 1.86 bits per heavy atom. The molecule has 0 aliphatic heterocycles. The van der Waals surface area contributed by atoms with E-state index in [1.807, 2.05) is 0 Å². The average molecular weight is 337 g/mol. The molecule has 3 rings (SSSR count). The lowest BCUT2D eigenvalue weighted by Crippen LogP contribution is -2.40. The largest absolute Gasteiger partial charge is 0.291 e. The molecule has 0 N–H and O–H groups in total. The Kier molecular flexibility index (Phi) is 3.83. The SMILES string of the molecule is Cc1c2c(nn1C(=O)C(Cl)(Cl)C(=O)c1ccccc1)CCC2. The Morgan fingerprint density at radius 3 is 2.50 bits per heavy atom. The highest BCUT2D eigenvalue weighted by Crippen LogP contribution is 2.31. The molecule has 22 heavy (non-hydrogen) atoms. The number of Topliss-reactive ketones (excluding diaryl/α,β-unsaturated/α-hetero) is 1. The van der Waals surface area contributed by atoms with Gasteiger partial charge in [-0.05, 0) is 31.7 Å². The van der Waals surface area contributed by atoms with Crippen LogP contribution in [0.4, 0.5) is 0 Å². The standard InChI is InChI=1S/C16H14Cl2N2O2/c1-10-12-8-5-9-13(12)19-20(10)15(22)16(17,18)14(21)11-6-3-2-4-7-11/h2-4,6-7H,5,8-9H2,1H3. The van der Waals surface area contributed by atoms with Crippen LogP contribution in [0.5, 0.6) is 0 Å². The van der Waals surface area contributed by atoms with Crippen molar-refractivity contribution in [2.75, 3.05) is 0 Å². The number of carbonyl (C=O) groups is 2. The van der Waals surface area contributed by atoms with Gasteiger partial charge in [-0.3, -0.25) is 9.59 Å². The molecule has 0 atom stereocenters. The van der Waals surface area contributed by atoms with Crippen molar-refractivity contribution in [3.05, 3.63) is 52.8 Å². The van der Waals surface area contributed by atoms with Crippen LogP contribution in [0.3, 0.4) is 0 Å². The lowest BCUT2D eigenvalue weighted by atomic mass is 10.1. The number of halogens is 2. The van der Waals surface area contributed by atoms with E-state index in [1.54, 1.807) is 37.3 Å². The van der Waals surface area contributed by atoms with Crippen LogP contribution in [0.15, 0.2) is 30.3 Å². The number of carbonyl (C=O) groups excluding carboxylic acids is 2. The first kappa shape index (κ1) is 15.3. The van der Waals surface area contributed by atoms with E-state index < -0.39 is 16.0 Å². The molecule has 4 nitrogen and oxygen atoms in total. The molecule has 1 aromatic heterocycles. The Hall–Kier alpha value is -1.65. The summed E-state index contributed by atoms with van der Waals surface area (Å²) >= 11 is 12.2. The monoisotopic (exact) mass is 336 g/mol. The van der Waals surface area contributed by atoms with Crippen LogP contribution in [0.2, 0.25) is 0 Å². The van der Waals surface area contributed by atoms with Crippen molar-refractivity contribution < 1.29 is 9.59 Å². The zero-order valence-electron chi connectivity index (χ0n) is 12.0. The topological polar surface area (TPSA) is 52.0 Å². The summed E-state index contributed by atoms with van der Waals surface area (Å²) in [6.07, 6.45) is 2.75. The summed E-state index contributed by atoms with van der Waals surface area (Å²) < 4.78 is -1.02. The Bertz CT molecular complexity index is 751. The molecule has 0 saturated carbocycles. The number of benzene rings is 1. The number of hydrogen-bond acceptors (Lipinski definition) is 3. The third-order valence-corrected chi connectivity index (χ3v) is 4.61. The van der Waals surface area contributed by atoms with Crippen molar-refractivity contribution in [3.8, 4) is 0 Å². The number of hydrogen-bond donors (Lipinski definition) is 0. The summed E-state index contributed by atoms with van der Waals surface area (Å²) in [6, 6.07) is 8.30. The zero-order chi connectivity index (χ0) is 15.9. The lowest BCUT2D eigenvalue weighted by molar-refractivity contribution is 0.0812. The molecule has 0 fully saturated rings. The van der Waals surface area contributed by atoms with Crippen LogP contribution in [-0.4, -0.2) is 25.8 Å². The van der Waals surface area contributed by atoms with Gasteiger partial charge in [0.05, 0.1) is 5.69 Å². The van der Waals surface area contributed by atoms with Crippen molar-refractivity contribution in [2.24, 2.45) is 0 Å². The van der Waals surface area contributed by atoms with E-state index >= 15 is 0 Å². The van der Waals surface area contributed by atoms with Crippen molar-refractivity contribution in [1.29, 1.82) is 0 Å². The Balaban J connectivity index is 1.95. The smallest absolute Gasteiger partial charge is 0.290 e. The first-order valence-electron chi connectivity index (χ1n) is 7.02. The van der Waals surface area contributed by atoms with Gasteiger partial charge in [-0.2, -0.15) is 5.10 Å². The van der Waals surface area contributed by atoms with E-state index in [0.717, 1.165) is 30.5 Å². The van der Waals surface area contributed by atoms with Crippen molar-refractivity contribution in [3.63, 3.8) is 0 Å². The predicted octanol–water partition coefficient (Wildman–Crippen LogP) is 3.38. The molecule has 0 amide bonds. The molecular formula is C16H14Cl2N2O2. The fourth-order valence-electron chi connectivity index (χ4n) is 2.75. The number of aryl methyl sites for hydroxylation is 1. The lowest BCUT2D eigenvalue weighted by Gasteiger charge is -2.17. The number of nitrogens with zero attached hydrogens (tertiary/aromatic N) is 2. The second kappa shape index (κ2) is 5.52. The minimum absolute atomic E-state index is 0.290. The molecule has 1 aromatic carbocycles. The fourth-order valence-corrected chi connectivity index (χ4v) is 3.13. The van der Waals surface area contributed by atoms with Gasteiger partial charge < -0.3 is 0 Å². The summed E-state index contributed by atoms with van der Waals surface area (Å²) in [6.45, 7) is 1.80. The minimum Gasteiger partial charge on any atom is -0.290 e. The summed E-state index contributed by atoms with van der Waals surface area (Å²) in [5.74, 6) is -1.37. The van der Waals surface area contributed by atoms with Crippen LogP contribution >= 0.6 is 23.2 Å². The van der Waals surface area contributed by atoms with Gasteiger partial charge in [-0.1, -0.05) is 53.5 Å². The van der Waals surface area contributed by atoms with Crippen LogP contribution in [-0.2, 0) is 12.8 Å². The minimum atomic E-state index is -2.19. The van der Waals surface area contributed by atoms with E-state index in [-0.39, 0.29) is 0 Å². The molecule has 0 bridgehead atoms. The van der Waals surface area contributed by atoms with Crippen molar-refractivity contribution in [2.45, 2.75) is 30.5 Å². The van der Waals surface area contributed by atoms with E-state index in [2.05, 4.69) is 5.10 Å². The predicted molar refractivity (Wildman–Crippen MR) is 84.8 cm³/mol. The number of fused-ring (bicyclic) bond motifs is 1. The molecule has 0 spiro atoms. The van der Waals surface area contributed by atoms with Crippen LogP contribution in [0, 0.1) is 6.92 Å². The van der Waals surface area contributed by atoms with Crippen LogP contribution in [0.1, 0.15) is 38.5 Å². The second-order valence-corrected chi connectivity index (χ2v) is 6.68. The maximum Gasteiger partial charge on any atom is 0.291 e. The molecule has 1 heterocycles. The first-order valence-corrected chi connectivity index (χ1v) is 7.78. The average Bonchev–Trinajstić information content (AvgIpc) is 3.10. The Morgan fingerprint density at radius 1 is 1.18 bits per heavy atom. The van der Waals surface area contributed by atoms with Gasteiger partial charge in [0.15, 0.2) is 0 Å². The second-order valence-electron chi connectivity index (χ2n) is 5.35. The van der Waals surface area contributed by atoms with E-state index in [0.29, 0.717) is 11.3 Å². The molecule has 2 aromatic rings. The first-order chi connectivity index (χ1) is 10.4. The number of alkyl halides is 2. The normalized spacial score (nSPS) is 14.0. The van der Waals surface area contributed by atoms with Crippen LogP contribution < -0.4 is 0 Å². The van der Waals surface area contributed by atoms with Gasteiger partial charge in [0.2, 0.25) is 5.78 Å². The van der Waals surface area contributed by atoms with Gasteiger partial charge in [0.1, 0.15) is 0 Å². The summed E-state index contributed by atoms with van der Waals surface area (Å²) in [4.78, 5) is 25.1. The maximum absolute atomic E-state index is 12.6. The quantitative estimate of drug-likeness (QED) is 0.490. The van der Waals surface area contributed by atoms with E-state index in [9.17, 15) is 9.59 Å². The number of ketones is 1. The highest BCUT2D eigenvalue weighted by atomic mass is 35.5. The van der Waals surface area contributed by atoms with Gasteiger partial charge in [-0.25, -0.2) is 4.68 Å². The van der Waals surface area contributed by atoms with E-state index in [4.69, 9.17) is 23.2 Å². The molecule has 1 aliphatic carbocycles. The van der Waals surface area contributed by atoms with Gasteiger partial charge in [0.25, 0.3) is 10.2 Å². The zero-order valence-corrected chi connectivity index (χ0v) is 13.5. The maximum atomic E-state index is 12.6. The van der Waals surface area contributed by atoms with Crippen molar-refractivity contribution >= 4 is 34.9 Å². The molecular weight excluding hydrogens is 323 g/mol. The molecule has 0 saturated heterocycles. The van der Waals surface area contributed by atoms with E-state index in [1.165, 1.54) is 4.68 Å². The molecule has 6 heteroatoms. The molecule has 0 radical (unpaired) electrons. The van der Waals surface area contributed by atoms with Crippen molar-refractivity contribution in [1.82, 2.24) is 9.78 Å².